The molecule has 0 spiro atoms. The number of nitrogens with one attached hydrogen (secondary N) is 1. The number of rotatable bonds is 9. The van der Waals surface area contributed by atoms with Gasteiger partial charge in [-0.2, -0.15) is 5.10 Å². The Morgan fingerprint density at radius 1 is 1.06 bits per heavy atom. The van der Waals surface area contributed by atoms with Crippen LogP contribution in [0.5, 0.6) is 11.5 Å². The monoisotopic (exact) mass is 423 g/mol. The number of hydrogen-bond donors (Lipinski definition) is 1. The van der Waals surface area contributed by atoms with E-state index in [1.807, 2.05) is 63.2 Å². The summed E-state index contributed by atoms with van der Waals surface area (Å²) in [5, 5.41) is 8.81. The summed E-state index contributed by atoms with van der Waals surface area (Å²) in [5.74, 6) is 1.32. The normalized spacial score (nSPS) is 12.0. The molecule has 0 unspecified atom stereocenters. The summed E-state index contributed by atoms with van der Waals surface area (Å²) in [5.41, 5.74) is 0.532. The van der Waals surface area contributed by atoms with Crippen LogP contribution >= 0.6 is 0 Å². The smallest absolute Gasteiger partial charge is 0.275 e. The molecule has 3 rings (SSSR count). The molecule has 7 nitrogen and oxygen atoms in total. The van der Waals surface area contributed by atoms with Gasteiger partial charge >= 0.3 is 0 Å². The Morgan fingerprint density at radius 3 is 2.32 bits per heavy atom. The number of ether oxygens (including phenoxy) is 2. The van der Waals surface area contributed by atoms with Crippen LogP contribution in [0.4, 0.5) is 0 Å². The van der Waals surface area contributed by atoms with Crippen molar-refractivity contribution >= 4 is 16.7 Å². The van der Waals surface area contributed by atoms with E-state index in [0.717, 1.165) is 16.8 Å². The summed E-state index contributed by atoms with van der Waals surface area (Å²) in [7, 11) is 1.61. The standard InChI is InChI=1S/C24H29N3O4/c1-5-21-19-8-6-7-9-20(19)24(29)27(26-21)14-23(28)25-22(16(2)3)15-31-18-12-10-17(30-4)11-13-18/h6-13,16,22H,5,14-15H2,1-4H3,(H,25,28)/t22-/m1/s1. The van der Waals surface area contributed by atoms with Crippen LogP contribution in [-0.4, -0.2) is 35.4 Å². The first-order valence-electron chi connectivity index (χ1n) is 10.5. The van der Waals surface area contributed by atoms with Crippen LogP contribution < -0.4 is 20.3 Å². The van der Waals surface area contributed by atoms with Crippen LogP contribution in [0.1, 0.15) is 26.5 Å². The molecule has 0 saturated carbocycles. The first kappa shape index (κ1) is 22.3. The van der Waals surface area contributed by atoms with E-state index in [1.165, 1.54) is 4.68 Å². The molecule has 31 heavy (non-hydrogen) atoms. The van der Waals surface area contributed by atoms with E-state index in [-0.39, 0.29) is 30.0 Å². The molecular formula is C24H29N3O4. The van der Waals surface area contributed by atoms with Gasteiger partial charge in [0.25, 0.3) is 5.56 Å². The summed E-state index contributed by atoms with van der Waals surface area (Å²) in [4.78, 5) is 25.5. The lowest BCUT2D eigenvalue weighted by Crippen LogP contribution is -2.45. The number of benzene rings is 2. The molecule has 0 aliphatic carbocycles. The zero-order valence-corrected chi connectivity index (χ0v) is 18.4. The highest BCUT2D eigenvalue weighted by Gasteiger charge is 2.19. The summed E-state index contributed by atoms with van der Waals surface area (Å²) in [6, 6.07) is 14.4. The fraction of sp³-hybridized carbons (Fsp3) is 0.375. The second kappa shape index (κ2) is 10.1. The van der Waals surface area contributed by atoms with E-state index in [2.05, 4.69) is 10.4 Å². The van der Waals surface area contributed by atoms with Gasteiger partial charge in [0, 0.05) is 5.39 Å². The molecule has 0 radical (unpaired) electrons. The Balaban J connectivity index is 1.70. The lowest BCUT2D eigenvalue weighted by Gasteiger charge is -2.23. The molecular weight excluding hydrogens is 394 g/mol. The number of hydrogen-bond acceptors (Lipinski definition) is 5. The number of aryl methyl sites for hydroxylation is 1. The lowest BCUT2D eigenvalue weighted by atomic mass is 10.1. The van der Waals surface area contributed by atoms with Gasteiger partial charge in [0.1, 0.15) is 24.7 Å². The molecule has 1 atom stereocenters. The van der Waals surface area contributed by atoms with Crippen molar-refractivity contribution in [1.29, 1.82) is 0 Å². The Kier molecular flexibility index (Phi) is 7.28. The number of fused-ring (bicyclic) bond motifs is 1. The predicted molar refractivity (Wildman–Crippen MR) is 121 cm³/mol. The minimum absolute atomic E-state index is 0.136. The SMILES string of the molecule is CCc1nn(CC(=O)N[C@H](COc2ccc(OC)cc2)C(C)C)c(=O)c2ccccc12. The molecule has 0 fully saturated rings. The molecule has 0 bridgehead atoms. The number of carbonyl (C=O) groups excluding carboxylic acids is 1. The average Bonchev–Trinajstić information content (AvgIpc) is 2.78. The molecule has 1 heterocycles. The number of carbonyl (C=O) groups is 1. The maximum Gasteiger partial charge on any atom is 0.275 e. The predicted octanol–water partition coefficient (Wildman–Crippen LogP) is 3.19. The van der Waals surface area contributed by atoms with Crippen LogP contribution in [0.3, 0.4) is 0 Å². The zero-order valence-electron chi connectivity index (χ0n) is 18.4. The Bertz CT molecular complexity index is 1090. The first-order chi connectivity index (χ1) is 14.9. The van der Waals surface area contributed by atoms with E-state index in [0.29, 0.717) is 24.2 Å². The number of methoxy groups -OCH3 is 1. The van der Waals surface area contributed by atoms with E-state index < -0.39 is 0 Å². The second-order valence-electron chi connectivity index (χ2n) is 7.71. The van der Waals surface area contributed by atoms with Gasteiger partial charge in [-0.15, -0.1) is 0 Å². The third-order valence-corrected chi connectivity index (χ3v) is 5.21. The zero-order chi connectivity index (χ0) is 22.4. The number of nitrogens with zero attached hydrogens (tertiary/aromatic N) is 2. The van der Waals surface area contributed by atoms with Crippen LogP contribution in [0.2, 0.25) is 0 Å². The average molecular weight is 424 g/mol. The maximum atomic E-state index is 12.8. The Labute approximate surface area is 182 Å². The van der Waals surface area contributed by atoms with Crippen molar-refractivity contribution in [2.75, 3.05) is 13.7 Å². The van der Waals surface area contributed by atoms with Gasteiger partial charge in [0.05, 0.1) is 24.2 Å². The largest absolute Gasteiger partial charge is 0.497 e. The highest BCUT2D eigenvalue weighted by Crippen LogP contribution is 2.18. The molecule has 0 saturated heterocycles. The van der Waals surface area contributed by atoms with Crippen LogP contribution in [0, 0.1) is 5.92 Å². The Morgan fingerprint density at radius 2 is 1.71 bits per heavy atom. The molecule has 0 aliphatic rings. The van der Waals surface area contributed by atoms with Crippen molar-refractivity contribution in [2.24, 2.45) is 5.92 Å². The molecule has 0 aliphatic heterocycles. The van der Waals surface area contributed by atoms with Gasteiger partial charge in [0.15, 0.2) is 0 Å². The van der Waals surface area contributed by atoms with Crippen LogP contribution in [0.15, 0.2) is 53.3 Å². The van der Waals surface area contributed by atoms with Crippen molar-refractivity contribution in [3.8, 4) is 11.5 Å². The quantitative estimate of drug-likeness (QED) is 0.572. The van der Waals surface area contributed by atoms with Crippen molar-refractivity contribution in [1.82, 2.24) is 15.1 Å². The highest BCUT2D eigenvalue weighted by atomic mass is 16.5. The third-order valence-electron chi connectivity index (χ3n) is 5.21. The van der Waals surface area contributed by atoms with E-state index in [9.17, 15) is 9.59 Å². The van der Waals surface area contributed by atoms with Crippen molar-refractivity contribution in [3.05, 3.63) is 64.6 Å². The van der Waals surface area contributed by atoms with Gasteiger partial charge in [-0.05, 0) is 42.7 Å². The molecule has 1 aromatic heterocycles. The fourth-order valence-electron chi connectivity index (χ4n) is 3.32. The topological polar surface area (TPSA) is 82.5 Å². The maximum absolute atomic E-state index is 12.8. The second-order valence-corrected chi connectivity index (χ2v) is 7.71. The van der Waals surface area contributed by atoms with Gasteiger partial charge < -0.3 is 14.8 Å². The van der Waals surface area contributed by atoms with Gasteiger partial charge in [0.2, 0.25) is 5.91 Å². The number of aromatic nitrogens is 2. The summed E-state index contributed by atoms with van der Waals surface area (Å²) in [6.07, 6.45) is 0.673. The molecule has 2 aromatic carbocycles. The van der Waals surface area contributed by atoms with Gasteiger partial charge in [-0.1, -0.05) is 39.0 Å². The van der Waals surface area contributed by atoms with Gasteiger partial charge in [-0.25, -0.2) is 4.68 Å². The highest BCUT2D eigenvalue weighted by molar-refractivity contribution is 5.84. The summed E-state index contributed by atoms with van der Waals surface area (Å²) >= 11 is 0. The van der Waals surface area contributed by atoms with Crippen LogP contribution in [0.25, 0.3) is 10.8 Å². The fourth-order valence-corrected chi connectivity index (χ4v) is 3.32. The minimum atomic E-state index is -0.274. The summed E-state index contributed by atoms with van der Waals surface area (Å²) in [6.45, 7) is 6.18. The lowest BCUT2D eigenvalue weighted by molar-refractivity contribution is -0.123. The third kappa shape index (κ3) is 5.42. The molecule has 164 valence electrons. The number of amides is 1. The molecule has 7 heteroatoms. The van der Waals surface area contributed by atoms with E-state index in [4.69, 9.17) is 9.47 Å². The molecule has 1 N–H and O–H groups in total. The van der Waals surface area contributed by atoms with E-state index in [1.54, 1.807) is 13.2 Å². The van der Waals surface area contributed by atoms with Crippen molar-refractivity contribution < 1.29 is 14.3 Å². The minimum Gasteiger partial charge on any atom is -0.497 e. The summed E-state index contributed by atoms with van der Waals surface area (Å²) < 4.78 is 12.2. The molecule has 3 aromatic rings. The molecule has 1 amide bonds. The van der Waals surface area contributed by atoms with E-state index >= 15 is 0 Å². The van der Waals surface area contributed by atoms with Crippen LogP contribution in [-0.2, 0) is 17.8 Å². The van der Waals surface area contributed by atoms with Crippen molar-refractivity contribution in [3.63, 3.8) is 0 Å². The van der Waals surface area contributed by atoms with Crippen molar-refractivity contribution in [2.45, 2.75) is 39.8 Å². The van der Waals surface area contributed by atoms with Gasteiger partial charge in [-0.3, -0.25) is 9.59 Å². The Hall–Kier alpha value is -3.35. The first-order valence-corrected chi connectivity index (χ1v) is 10.5.